The number of aryl methyl sites for hydroxylation is 2. The molecule has 0 spiro atoms. The van der Waals surface area contributed by atoms with Crippen LogP contribution in [-0.2, 0) is 6.54 Å². The van der Waals surface area contributed by atoms with Crippen LogP contribution in [0.15, 0.2) is 27.5 Å². The Bertz CT molecular complexity index is 657. The van der Waals surface area contributed by atoms with E-state index >= 15 is 0 Å². The lowest BCUT2D eigenvalue weighted by atomic mass is 10.3. The normalized spacial score (nSPS) is 10.5. The van der Waals surface area contributed by atoms with Crippen molar-refractivity contribution in [1.82, 2.24) is 14.9 Å². The predicted octanol–water partition coefficient (Wildman–Crippen LogP) is 1.25. The molecule has 6 heteroatoms. The number of aromatic nitrogens is 2. The van der Waals surface area contributed by atoms with E-state index in [0.29, 0.717) is 18.1 Å². The zero-order valence-corrected chi connectivity index (χ0v) is 11.1. The van der Waals surface area contributed by atoms with Crippen LogP contribution in [0.2, 0.25) is 0 Å². The first-order chi connectivity index (χ1) is 8.95. The molecule has 0 saturated heterocycles. The molecule has 2 aromatic heterocycles. The highest BCUT2D eigenvalue weighted by molar-refractivity contribution is 5.91. The molecule has 0 aliphatic heterocycles. The molecular formula is C13H15N3O3. The first kappa shape index (κ1) is 13.1. The third-order valence-electron chi connectivity index (χ3n) is 2.59. The minimum atomic E-state index is -0.352. The van der Waals surface area contributed by atoms with Gasteiger partial charge in [0.15, 0.2) is 11.2 Å². The molecule has 6 nitrogen and oxygen atoms in total. The van der Waals surface area contributed by atoms with Gasteiger partial charge in [0.25, 0.3) is 5.91 Å². The number of hydrogen-bond acceptors (Lipinski definition) is 4. The molecule has 0 fully saturated rings. The number of nitrogens with one attached hydrogen (secondary N) is 1. The SMILES string of the molecule is Cc1cnc(CN(C)C(=O)c2cc(=O)cc(C)o2)[nH]1. The second kappa shape index (κ2) is 5.09. The van der Waals surface area contributed by atoms with E-state index in [2.05, 4.69) is 9.97 Å². The first-order valence-electron chi connectivity index (χ1n) is 5.83. The number of carbonyl (C=O) groups excluding carboxylic acids is 1. The number of aromatic amines is 1. The van der Waals surface area contributed by atoms with E-state index in [9.17, 15) is 9.59 Å². The van der Waals surface area contributed by atoms with Crippen LogP contribution in [0.4, 0.5) is 0 Å². The zero-order chi connectivity index (χ0) is 14.0. The van der Waals surface area contributed by atoms with Crippen LogP contribution < -0.4 is 5.43 Å². The highest BCUT2D eigenvalue weighted by atomic mass is 16.3. The molecule has 0 aromatic carbocycles. The van der Waals surface area contributed by atoms with Gasteiger partial charge < -0.3 is 14.3 Å². The molecule has 0 atom stereocenters. The Hall–Kier alpha value is -2.37. The van der Waals surface area contributed by atoms with E-state index in [0.717, 1.165) is 5.69 Å². The van der Waals surface area contributed by atoms with Crippen LogP contribution in [0.25, 0.3) is 0 Å². The summed E-state index contributed by atoms with van der Waals surface area (Å²) >= 11 is 0. The Morgan fingerprint density at radius 1 is 1.42 bits per heavy atom. The number of amides is 1. The standard InChI is InChI=1S/C13H15N3O3/c1-8-6-14-12(15-8)7-16(3)13(18)11-5-10(17)4-9(2)19-11/h4-6H,7H2,1-3H3,(H,14,15). The van der Waals surface area contributed by atoms with Crippen molar-refractivity contribution in [3.8, 4) is 0 Å². The molecule has 0 aliphatic rings. The second-order valence-corrected chi connectivity index (χ2v) is 4.44. The maximum absolute atomic E-state index is 12.1. The lowest BCUT2D eigenvalue weighted by Gasteiger charge is -2.14. The highest BCUT2D eigenvalue weighted by Crippen LogP contribution is 2.07. The zero-order valence-electron chi connectivity index (χ0n) is 11.1. The van der Waals surface area contributed by atoms with Gasteiger partial charge in [-0.05, 0) is 13.8 Å². The van der Waals surface area contributed by atoms with Gasteiger partial charge in [0.2, 0.25) is 0 Å². The lowest BCUT2D eigenvalue weighted by molar-refractivity contribution is 0.0745. The van der Waals surface area contributed by atoms with Gasteiger partial charge in [0.1, 0.15) is 11.6 Å². The van der Waals surface area contributed by atoms with Crippen molar-refractivity contribution < 1.29 is 9.21 Å². The van der Waals surface area contributed by atoms with Crippen LogP contribution in [0, 0.1) is 13.8 Å². The molecule has 0 unspecified atom stereocenters. The molecule has 2 rings (SSSR count). The van der Waals surface area contributed by atoms with Crippen molar-refractivity contribution >= 4 is 5.91 Å². The van der Waals surface area contributed by atoms with Crippen LogP contribution in [-0.4, -0.2) is 27.8 Å². The number of H-pyrrole nitrogens is 1. The third-order valence-corrected chi connectivity index (χ3v) is 2.59. The summed E-state index contributed by atoms with van der Waals surface area (Å²) in [7, 11) is 1.63. The predicted molar refractivity (Wildman–Crippen MR) is 68.8 cm³/mol. The van der Waals surface area contributed by atoms with Crippen molar-refractivity contribution in [2.75, 3.05) is 7.05 Å². The molecule has 0 saturated carbocycles. The summed E-state index contributed by atoms with van der Waals surface area (Å²) in [5.74, 6) is 0.784. The Morgan fingerprint density at radius 3 is 2.74 bits per heavy atom. The molecule has 19 heavy (non-hydrogen) atoms. The van der Waals surface area contributed by atoms with E-state index in [-0.39, 0.29) is 17.1 Å². The van der Waals surface area contributed by atoms with Gasteiger partial charge in [0.05, 0.1) is 6.54 Å². The quantitative estimate of drug-likeness (QED) is 0.901. The number of hydrogen-bond donors (Lipinski definition) is 1. The number of nitrogens with zero attached hydrogens (tertiary/aromatic N) is 2. The fourth-order valence-corrected chi connectivity index (χ4v) is 1.74. The van der Waals surface area contributed by atoms with Crippen LogP contribution in [0.5, 0.6) is 0 Å². The summed E-state index contributed by atoms with van der Waals surface area (Å²) in [5, 5.41) is 0. The minimum absolute atomic E-state index is 0.0378. The van der Waals surface area contributed by atoms with Crippen molar-refractivity contribution in [1.29, 1.82) is 0 Å². The number of carbonyl (C=O) groups is 1. The Morgan fingerprint density at radius 2 is 2.16 bits per heavy atom. The topological polar surface area (TPSA) is 79.2 Å². The van der Waals surface area contributed by atoms with Crippen LogP contribution >= 0.6 is 0 Å². The summed E-state index contributed by atoms with van der Waals surface area (Å²) in [6.07, 6.45) is 1.69. The molecule has 1 N–H and O–H groups in total. The summed E-state index contributed by atoms with van der Waals surface area (Å²) < 4.78 is 5.26. The van der Waals surface area contributed by atoms with Crippen molar-refractivity contribution in [2.24, 2.45) is 0 Å². The van der Waals surface area contributed by atoms with Crippen LogP contribution in [0.1, 0.15) is 27.8 Å². The van der Waals surface area contributed by atoms with Crippen molar-refractivity contribution in [3.05, 3.63) is 51.6 Å². The van der Waals surface area contributed by atoms with Gasteiger partial charge >= 0.3 is 0 Å². The minimum Gasteiger partial charge on any atom is -0.456 e. The Labute approximate surface area is 110 Å². The van der Waals surface area contributed by atoms with E-state index in [1.807, 2.05) is 6.92 Å². The maximum atomic E-state index is 12.1. The summed E-state index contributed by atoms with van der Waals surface area (Å²) in [6, 6.07) is 2.53. The van der Waals surface area contributed by atoms with Gasteiger partial charge in [-0.1, -0.05) is 0 Å². The number of rotatable bonds is 3. The van der Waals surface area contributed by atoms with Gasteiger partial charge in [0, 0.05) is 31.1 Å². The molecule has 2 heterocycles. The fraction of sp³-hybridized carbons (Fsp3) is 0.308. The largest absolute Gasteiger partial charge is 0.456 e. The summed E-state index contributed by atoms with van der Waals surface area (Å²) in [6.45, 7) is 3.84. The van der Waals surface area contributed by atoms with E-state index < -0.39 is 0 Å². The molecule has 0 radical (unpaired) electrons. The number of imidazole rings is 1. The Balaban J connectivity index is 2.16. The van der Waals surface area contributed by atoms with E-state index in [4.69, 9.17) is 4.42 Å². The summed E-state index contributed by atoms with van der Waals surface area (Å²) in [4.78, 5) is 32.1. The maximum Gasteiger partial charge on any atom is 0.289 e. The average molecular weight is 261 g/mol. The van der Waals surface area contributed by atoms with Crippen molar-refractivity contribution in [3.63, 3.8) is 0 Å². The third kappa shape index (κ3) is 3.09. The monoisotopic (exact) mass is 261 g/mol. The second-order valence-electron chi connectivity index (χ2n) is 4.44. The van der Waals surface area contributed by atoms with Gasteiger partial charge in [-0.3, -0.25) is 9.59 Å². The lowest BCUT2D eigenvalue weighted by Crippen LogP contribution is -2.27. The molecular weight excluding hydrogens is 246 g/mol. The van der Waals surface area contributed by atoms with E-state index in [1.165, 1.54) is 17.0 Å². The molecule has 100 valence electrons. The van der Waals surface area contributed by atoms with Gasteiger partial charge in [-0.2, -0.15) is 0 Å². The fourth-order valence-electron chi connectivity index (χ4n) is 1.74. The van der Waals surface area contributed by atoms with Gasteiger partial charge in [-0.25, -0.2) is 4.98 Å². The smallest absolute Gasteiger partial charge is 0.289 e. The average Bonchev–Trinajstić information content (AvgIpc) is 2.72. The van der Waals surface area contributed by atoms with Crippen molar-refractivity contribution in [2.45, 2.75) is 20.4 Å². The highest BCUT2D eigenvalue weighted by Gasteiger charge is 2.16. The molecule has 0 bridgehead atoms. The molecule has 1 amide bonds. The molecule has 0 aliphatic carbocycles. The summed E-state index contributed by atoms with van der Waals surface area (Å²) in [5.41, 5.74) is 0.687. The molecule has 2 aromatic rings. The first-order valence-corrected chi connectivity index (χ1v) is 5.83. The van der Waals surface area contributed by atoms with E-state index in [1.54, 1.807) is 20.2 Å². The van der Waals surface area contributed by atoms with Gasteiger partial charge in [-0.15, -0.1) is 0 Å². The Kier molecular flexibility index (Phi) is 3.50. The van der Waals surface area contributed by atoms with Crippen LogP contribution in [0.3, 0.4) is 0 Å².